The number of ether oxygens (including phenoxy) is 1. The molecule has 2 N–H and O–H groups in total. The molecule has 3 nitrogen and oxygen atoms in total. The molecule has 0 radical (unpaired) electrons. The van der Waals surface area contributed by atoms with Gasteiger partial charge in [0.1, 0.15) is 5.67 Å². The van der Waals surface area contributed by atoms with Crippen molar-refractivity contribution in [3.8, 4) is 0 Å². The van der Waals surface area contributed by atoms with E-state index in [2.05, 4.69) is 4.74 Å². The summed E-state index contributed by atoms with van der Waals surface area (Å²) in [7, 11) is 0. The van der Waals surface area contributed by atoms with Gasteiger partial charge in [0.2, 0.25) is 0 Å². The number of allylic oxidation sites excluding steroid dienone is 1. The molecule has 0 fully saturated rings. The second kappa shape index (κ2) is 4.09. The molecule has 4 heteroatoms. The molecule has 0 heterocycles. The first-order valence-corrected chi connectivity index (χ1v) is 3.71. The van der Waals surface area contributed by atoms with Crippen LogP contribution in [-0.2, 0) is 9.53 Å². The maximum atomic E-state index is 13.0. The number of hydrogen-bond donors (Lipinski definition) is 1. The molecule has 12 heavy (non-hydrogen) atoms. The van der Waals surface area contributed by atoms with E-state index < -0.39 is 11.6 Å². The molecular weight excluding hydrogens is 161 g/mol. The smallest absolute Gasteiger partial charge is 0.332 e. The zero-order valence-corrected chi connectivity index (χ0v) is 7.56. The number of carbonyl (C=O) groups excluding carboxylic acids is 1. The Bertz CT molecular complexity index is 194. The van der Waals surface area contributed by atoms with Crippen LogP contribution in [0, 0.1) is 0 Å². The molecule has 0 atom stereocenters. The highest BCUT2D eigenvalue weighted by atomic mass is 19.1. The van der Waals surface area contributed by atoms with Crippen molar-refractivity contribution in [3.05, 3.63) is 11.8 Å². The van der Waals surface area contributed by atoms with Gasteiger partial charge in [0.25, 0.3) is 0 Å². The highest BCUT2D eigenvalue weighted by Gasteiger charge is 2.20. The standard InChI is InChI=1S/C8H14FNO2/c1-4-12-7(11)5-6(10)8(2,3)9/h5H,4,10H2,1-3H3. The number of hydrogen-bond acceptors (Lipinski definition) is 3. The van der Waals surface area contributed by atoms with Gasteiger partial charge in [-0.3, -0.25) is 0 Å². The highest BCUT2D eigenvalue weighted by molar-refractivity contribution is 5.82. The molecule has 70 valence electrons. The molecule has 0 bridgehead atoms. The van der Waals surface area contributed by atoms with Crippen LogP contribution in [0.3, 0.4) is 0 Å². The van der Waals surface area contributed by atoms with Crippen LogP contribution in [-0.4, -0.2) is 18.2 Å². The fourth-order valence-corrected chi connectivity index (χ4v) is 0.483. The first kappa shape index (κ1) is 10.9. The van der Waals surface area contributed by atoms with Gasteiger partial charge in [0.15, 0.2) is 0 Å². The molecule has 0 aliphatic carbocycles. The second-order valence-electron chi connectivity index (χ2n) is 2.82. The van der Waals surface area contributed by atoms with Crippen LogP contribution < -0.4 is 5.73 Å². The Balaban J connectivity index is 4.26. The lowest BCUT2D eigenvalue weighted by atomic mass is 10.1. The summed E-state index contributed by atoms with van der Waals surface area (Å²) in [6.07, 6.45) is 0.962. The minimum atomic E-state index is -1.67. The van der Waals surface area contributed by atoms with Crippen LogP contribution in [0.5, 0.6) is 0 Å². The molecule has 0 aromatic carbocycles. The summed E-state index contributed by atoms with van der Waals surface area (Å²) in [5.41, 5.74) is 3.47. The predicted octanol–water partition coefficient (Wildman–Crippen LogP) is 1.14. The molecule has 0 aliphatic rings. The highest BCUT2D eigenvalue weighted by Crippen LogP contribution is 2.15. The Morgan fingerprint density at radius 3 is 2.50 bits per heavy atom. The minimum absolute atomic E-state index is 0.124. The van der Waals surface area contributed by atoms with Gasteiger partial charge in [-0.1, -0.05) is 0 Å². The minimum Gasteiger partial charge on any atom is -0.463 e. The number of alkyl halides is 1. The van der Waals surface area contributed by atoms with Crippen molar-refractivity contribution in [3.63, 3.8) is 0 Å². The molecule has 0 aromatic heterocycles. The van der Waals surface area contributed by atoms with Crippen LogP contribution in [0.1, 0.15) is 20.8 Å². The molecule has 0 aliphatic heterocycles. The van der Waals surface area contributed by atoms with E-state index in [1.54, 1.807) is 6.92 Å². The zero-order valence-electron chi connectivity index (χ0n) is 7.56. The van der Waals surface area contributed by atoms with Crippen molar-refractivity contribution in [1.29, 1.82) is 0 Å². The lowest BCUT2D eigenvalue weighted by Crippen LogP contribution is -2.24. The van der Waals surface area contributed by atoms with Crippen molar-refractivity contribution in [2.24, 2.45) is 5.73 Å². The summed E-state index contributed by atoms with van der Waals surface area (Å²) < 4.78 is 17.5. The summed E-state index contributed by atoms with van der Waals surface area (Å²) in [5.74, 6) is -0.610. The Kier molecular flexibility index (Phi) is 3.73. The SMILES string of the molecule is CCOC(=O)C=C(N)C(C)(C)F. The topological polar surface area (TPSA) is 52.3 Å². The maximum Gasteiger partial charge on any atom is 0.332 e. The monoisotopic (exact) mass is 175 g/mol. The number of carbonyl (C=O) groups is 1. The number of rotatable bonds is 3. The van der Waals surface area contributed by atoms with Crippen molar-refractivity contribution in [2.75, 3.05) is 6.61 Å². The van der Waals surface area contributed by atoms with E-state index in [4.69, 9.17) is 5.73 Å². The van der Waals surface area contributed by atoms with Gasteiger partial charge >= 0.3 is 5.97 Å². The third kappa shape index (κ3) is 3.95. The molecule has 0 amide bonds. The van der Waals surface area contributed by atoms with E-state index in [9.17, 15) is 9.18 Å². The van der Waals surface area contributed by atoms with Crippen LogP contribution in [0.15, 0.2) is 11.8 Å². The lowest BCUT2D eigenvalue weighted by Gasteiger charge is -2.13. The largest absolute Gasteiger partial charge is 0.463 e. The van der Waals surface area contributed by atoms with E-state index >= 15 is 0 Å². The number of halogens is 1. The summed E-state index contributed by atoms with van der Waals surface area (Å²) in [6.45, 7) is 4.48. The summed E-state index contributed by atoms with van der Waals surface area (Å²) in [6, 6.07) is 0. The van der Waals surface area contributed by atoms with E-state index in [0.717, 1.165) is 6.08 Å². The van der Waals surface area contributed by atoms with E-state index in [0.29, 0.717) is 0 Å². The zero-order chi connectivity index (χ0) is 9.78. The van der Waals surface area contributed by atoms with Crippen molar-refractivity contribution in [2.45, 2.75) is 26.4 Å². The van der Waals surface area contributed by atoms with Crippen LogP contribution >= 0.6 is 0 Å². The average Bonchev–Trinajstić information content (AvgIpc) is 1.85. The van der Waals surface area contributed by atoms with Gasteiger partial charge in [-0.05, 0) is 20.8 Å². The molecule has 0 rings (SSSR count). The van der Waals surface area contributed by atoms with E-state index in [-0.39, 0.29) is 12.3 Å². The molecule has 0 aromatic rings. The lowest BCUT2D eigenvalue weighted by molar-refractivity contribution is -0.137. The van der Waals surface area contributed by atoms with Crippen molar-refractivity contribution < 1.29 is 13.9 Å². The second-order valence-corrected chi connectivity index (χ2v) is 2.82. The fraction of sp³-hybridized carbons (Fsp3) is 0.625. The third-order valence-corrected chi connectivity index (χ3v) is 1.25. The van der Waals surface area contributed by atoms with Crippen molar-refractivity contribution >= 4 is 5.97 Å². The first-order chi connectivity index (χ1) is 5.38. The van der Waals surface area contributed by atoms with Gasteiger partial charge in [0.05, 0.1) is 12.3 Å². The van der Waals surface area contributed by atoms with Gasteiger partial charge in [-0.15, -0.1) is 0 Å². The van der Waals surface area contributed by atoms with Gasteiger partial charge in [0, 0.05) is 6.08 Å². The van der Waals surface area contributed by atoms with Crippen LogP contribution in [0.4, 0.5) is 4.39 Å². The normalized spacial score (nSPS) is 12.8. The van der Waals surface area contributed by atoms with E-state index in [1.807, 2.05) is 0 Å². The van der Waals surface area contributed by atoms with Crippen LogP contribution in [0.25, 0.3) is 0 Å². The Morgan fingerprint density at radius 2 is 2.17 bits per heavy atom. The van der Waals surface area contributed by atoms with Gasteiger partial charge in [-0.2, -0.15) is 0 Å². The summed E-state index contributed by atoms with van der Waals surface area (Å²) in [4.78, 5) is 10.8. The number of esters is 1. The third-order valence-electron chi connectivity index (χ3n) is 1.25. The molecule has 0 spiro atoms. The predicted molar refractivity (Wildman–Crippen MR) is 44.1 cm³/mol. The maximum absolute atomic E-state index is 13.0. The van der Waals surface area contributed by atoms with Crippen molar-refractivity contribution in [1.82, 2.24) is 0 Å². The molecule has 0 unspecified atom stereocenters. The Morgan fingerprint density at radius 1 is 1.67 bits per heavy atom. The number of nitrogens with two attached hydrogens (primary N) is 1. The Hall–Kier alpha value is -1.06. The summed E-state index contributed by atoms with van der Waals surface area (Å²) in [5, 5.41) is 0. The van der Waals surface area contributed by atoms with Gasteiger partial charge in [-0.25, -0.2) is 9.18 Å². The van der Waals surface area contributed by atoms with Gasteiger partial charge < -0.3 is 10.5 Å². The quantitative estimate of drug-likeness (QED) is 0.517. The van der Waals surface area contributed by atoms with E-state index in [1.165, 1.54) is 13.8 Å². The van der Waals surface area contributed by atoms with Crippen LogP contribution in [0.2, 0.25) is 0 Å². The average molecular weight is 175 g/mol. The Labute approximate surface area is 71.4 Å². The fourth-order valence-electron chi connectivity index (χ4n) is 0.483. The molecule has 0 saturated carbocycles. The summed E-state index contributed by atoms with van der Waals surface area (Å²) >= 11 is 0. The molecule has 0 saturated heterocycles. The first-order valence-electron chi connectivity index (χ1n) is 3.71. The molecular formula is C8H14FNO2.